The summed E-state index contributed by atoms with van der Waals surface area (Å²) in [5, 5.41) is 0. The number of fused-ring (bicyclic) bond motifs is 2. The second kappa shape index (κ2) is 6.78. The van der Waals surface area contributed by atoms with E-state index in [-0.39, 0.29) is 18.3 Å². The summed E-state index contributed by atoms with van der Waals surface area (Å²) in [5.41, 5.74) is -5.82. The number of rotatable bonds is 4. The molecule has 0 aromatic rings. The van der Waals surface area contributed by atoms with Crippen LogP contribution in [-0.4, -0.2) is 29.7 Å². The van der Waals surface area contributed by atoms with Gasteiger partial charge in [-0.15, -0.1) is 0 Å². The summed E-state index contributed by atoms with van der Waals surface area (Å²) >= 11 is 0. The van der Waals surface area contributed by atoms with Gasteiger partial charge < -0.3 is 9.47 Å². The molecule has 0 radical (unpaired) electrons. The fourth-order valence-electron chi connectivity index (χ4n) is 4.14. The normalized spacial score (nSPS) is 26.9. The Hall–Kier alpha value is -1.15. The molecule has 9 heteroatoms. The Balaban J connectivity index is 2.20. The third-order valence-corrected chi connectivity index (χ3v) is 5.31. The van der Waals surface area contributed by atoms with Gasteiger partial charge in [0.2, 0.25) is 0 Å². The topological polar surface area (TPSA) is 35.5 Å². The van der Waals surface area contributed by atoms with Crippen LogP contribution in [0.15, 0.2) is 0 Å². The number of alkyl halides is 6. The van der Waals surface area contributed by atoms with Crippen LogP contribution in [-0.2, 0) is 9.47 Å². The maximum Gasteiger partial charge on any atom is 0.510 e. The Morgan fingerprint density at radius 3 is 1.88 bits per heavy atom. The highest BCUT2D eigenvalue weighted by molar-refractivity contribution is 5.61. The fraction of sp³-hybridized carbons (Fsp3) is 0.941. The van der Waals surface area contributed by atoms with Gasteiger partial charge in [0.05, 0.1) is 0 Å². The van der Waals surface area contributed by atoms with E-state index in [9.17, 15) is 31.1 Å². The van der Waals surface area contributed by atoms with Gasteiger partial charge >= 0.3 is 24.1 Å². The Morgan fingerprint density at radius 2 is 1.50 bits per heavy atom. The first kappa shape index (κ1) is 21.2. The second-order valence-corrected chi connectivity index (χ2v) is 8.36. The van der Waals surface area contributed by atoms with Gasteiger partial charge in [0.1, 0.15) is 5.60 Å². The lowest BCUT2D eigenvalue weighted by molar-refractivity contribution is -0.371. The van der Waals surface area contributed by atoms with Crippen LogP contribution >= 0.6 is 0 Å². The summed E-state index contributed by atoms with van der Waals surface area (Å²) in [4.78, 5) is 11.6. The highest BCUT2D eigenvalue weighted by Gasteiger charge is 2.74. The molecule has 3 atom stereocenters. The number of carbonyl (C=O) groups is 1. The van der Waals surface area contributed by atoms with Crippen LogP contribution in [0, 0.1) is 17.8 Å². The van der Waals surface area contributed by atoms with Crippen molar-refractivity contribution in [2.24, 2.45) is 17.8 Å². The lowest BCUT2D eigenvalue weighted by Gasteiger charge is -2.38. The average Bonchev–Trinajstić information content (AvgIpc) is 3.00. The number of hydrogen-bond acceptors (Lipinski definition) is 3. The Labute approximate surface area is 148 Å². The maximum absolute atomic E-state index is 13.5. The molecule has 2 saturated carbocycles. The van der Waals surface area contributed by atoms with E-state index in [1.807, 2.05) is 0 Å². The zero-order chi connectivity index (χ0) is 20.0. The minimum absolute atomic E-state index is 0.167. The molecule has 0 aliphatic heterocycles. The smallest absolute Gasteiger partial charge is 0.429 e. The molecule has 3 unspecified atom stereocenters. The molecule has 152 valence electrons. The molecule has 0 amide bonds. The first-order chi connectivity index (χ1) is 11.6. The molecule has 2 rings (SSSR count). The van der Waals surface area contributed by atoms with E-state index in [0.717, 1.165) is 19.3 Å². The molecular weight excluding hydrogens is 366 g/mol. The zero-order valence-corrected chi connectivity index (χ0v) is 15.0. The largest absolute Gasteiger partial charge is 0.510 e. The molecule has 0 aromatic heterocycles. The van der Waals surface area contributed by atoms with Gasteiger partial charge in [-0.1, -0.05) is 6.42 Å². The fourth-order valence-corrected chi connectivity index (χ4v) is 4.14. The SMILES string of the molecule is CC(C)(C)OC(=O)OC(CCC1CC2CCC1C2)(C(F)(F)F)C(F)(F)F. The molecule has 0 aromatic carbocycles. The van der Waals surface area contributed by atoms with Crippen molar-refractivity contribution in [3.63, 3.8) is 0 Å². The summed E-state index contributed by atoms with van der Waals surface area (Å²) in [6.07, 6.45) is -11.9. The Kier molecular flexibility index (Phi) is 5.52. The number of hydrogen-bond donors (Lipinski definition) is 0. The summed E-state index contributed by atoms with van der Waals surface area (Å²) in [7, 11) is 0. The predicted octanol–water partition coefficient (Wildman–Crippen LogP) is 6.02. The molecule has 3 nitrogen and oxygen atoms in total. The van der Waals surface area contributed by atoms with Crippen molar-refractivity contribution in [3.8, 4) is 0 Å². The van der Waals surface area contributed by atoms with E-state index >= 15 is 0 Å². The van der Waals surface area contributed by atoms with E-state index in [4.69, 9.17) is 0 Å². The number of ether oxygens (including phenoxy) is 2. The molecule has 0 saturated heterocycles. The third-order valence-electron chi connectivity index (χ3n) is 5.31. The predicted molar refractivity (Wildman–Crippen MR) is 80.3 cm³/mol. The third kappa shape index (κ3) is 4.39. The van der Waals surface area contributed by atoms with Gasteiger partial charge in [0, 0.05) is 6.42 Å². The van der Waals surface area contributed by atoms with Crippen molar-refractivity contribution in [3.05, 3.63) is 0 Å². The van der Waals surface area contributed by atoms with Gasteiger partial charge in [-0.05, 0) is 64.2 Å². The van der Waals surface area contributed by atoms with Crippen LogP contribution in [0.3, 0.4) is 0 Å². The minimum Gasteiger partial charge on any atom is -0.429 e. The van der Waals surface area contributed by atoms with Gasteiger partial charge in [0.25, 0.3) is 0 Å². The van der Waals surface area contributed by atoms with Crippen molar-refractivity contribution in [1.29, 1.82) is 0 Å². The van der Waals surface area contributed by atoms with Gasteiger partial charge in [-0.25, -0.2) is 4.79 Å². The molecule has 0 spiro atoms. The van der Waals surface area contributed by atoms with Crippen LogP contribution in [0.1, 0.15) is 59.3 Å². The van der Waals surface area contributed by atoms with Crippen molar-refractivity contribution in [1.82, 2.24) is 0 Å². The van der Waals surface area contributed by atoms with Gasteiger partial charge in [-0.3, -0.25) is 0 Å². The van der Waals surface area contributed by atoms with Crippen molar-refractivity contribution in [2.45, 2.75) is 82.9 Å². The van der Waals surface area contributed by atoms with E-state index in [2.05, 4.69) is 9.47 Å². The average molecular weight is 390 g/mol. The Morgan fingerprint density at radius 1 is 0.923 bits per heavy atom. The van der Waals surface area contributed by atoms with Crippen molar-refractivity contribution >= 4 is 6.16 Å². The molecule has 2 aliphatic rings. The second-order valence-electron chi connectivity index (χ2n) is 8.36. The summed E-state index contributed by atoms with van der Waals surface area (Å²) in [5.74, 6) is 0.365. The summed E-state index contributed by atoms with van der Waals surface area (Å²) in [6.45, 7) is 3.98. The quantitative estimate of drug-likeness (QED) is 0.435. The standard InChI is InChI=1S/C17H24F6O3/c1-14(2,3)25-13(24)26-15(16(18,19)20,17(21,22)23)7-6-12-9-10-4-5-11(12)8-10/h10-12H,4-9H2,1-3H3. The van der Waals surface area contributed by atoms with Crippen LogP contribution in [0.2, 0.25) is 0 Å². The molecule has 0 heterocycles. The molecule has 2 bridgehead atoms. The first-order valence-corrected chi connectivity index (χ1v) is 8.70. The summed E-state index contributed by atoms with van der Waals surface area (Å²) in [6, 6.07) is 0. The van der Waals surface area contributed by atoms with E-state index < -0.39 is 36.1 Å². The van der Waals surface area contributed by atoms with Crippen molar-refractivity contribution < 1.29 is 40.6 Å². The summed E-state index contributed by atoms with van der Waals surface area (Å²) < 4.78 is 89.4. The maximum atomic E-state index is 13.5. The zero-order valence-electron chi connectivity index (χ0n) is 15.0. The van der Waals surface area contributed by atoms with E-state index in [1.54, 1.807) is 0 Å². The number of halogens is 6. The van der Waals surface area contributed by atoms with Gasteiger partial charge in [0.15, 0.2) is 0 Å². The highest BCUT2D eigenvalue weighted by Crippen LogP contribution is 2.54. The van der Waals surface area contributed by atoms with Gasteiger partial charge in [-0.2, -0.15) is 26.3 Å². The van der Waals surface area contributed by atoms with Crippen LogP contribution in [0.4, 0.5) is 31.1 Å². The van der Waals surface area contributed by atoms with E-state index in [1.165, 1.54) is 20.8 Å². The molecule has 2 fully saturated rings. The molecule has 0 N–H and O–H groups in total. The monoisotopic (exact) mass is 390 g/mol. The lowest BCUT2D eigenvalue weighted by Crippen LogP contribution is -2.60. The Bertz CT molecular complexity index is 506. The van der Waals surface area contributed by atoms with Crippen LogP contribution < -0.4 is 0 Å². The van der Waals surface area contributed by atoms with Crippen LogP contribution in [0.5, 0.6) is 0 Å². The number of carbonyl (C=O) groups excluding carboxylic acids is 1. The molecule has 26 heavy (non-hydrogen) atoms. The lowest BCUT2D eigenvalue weighted by atomic mass is 9.82. The first-order valence-electron chi connectivity index (χ1n) is 8.70. The van der Waals surface area contributed by atoms with E-state index in [0.29, 0.717) is 12.3 Å². The highest BCUT2D eigenvalue weighted by atomic mass is 19.4. The van der Waals surface area contributed by atoms with Crippen molar-refractivity contribution in [2.75, 3.05) is 0 Å². The molecular formula is C17H24F6O3. The minimum atomic E-state index is -5.79. The van der Waals surface area contributed by atoms with Crippen LogP contribution in [0.25, 0.3) is 0 Å². The molecule has 2 aliphatic carbocycles.